The number of pyridine rings is 1. The van der Waals surface area contributed by atoms with E-state index in [4.69, 9.17) is 26.1 Å². The summed E-state index contributed by atoms with van der Waals surface area (Å²) in [4.78, 5) is 28.3. The predicted molar refractivity (Wildman–Crippen MR) is 160 cm³/mol. The van der Waals surface area contributed by atoms with E-state index in [-0.39, 0.29) is 33.0 Å². The number of carbonyl (C=O) groups excluding carboxylic acids is 1. The molecule has 2 heterocycles. The highest BCUT2D eigenvalue weighted by Crippen LogP contribution is 2.39. The van der Waals surface area contributed by atoms with Crippen LogP contribution in [-0.4, -0.2) is 32.9 Å². The first kappa shape index (κ1) is 29.4. The van der Waals surface area contributed by atoms with E-state index in [0.717, 1.165) is 34.0 Å². The van der Waals surface area contributed by atoms with Gasteiger partial charge in [-0.3, -0.25) is 14.5 Å². The highest BCUT2D eigenvalue weighted by molar-refractivity contribution is 9.10. The maximum atomic E-state index is 12.8. The highest BCUT2D eigenvalue weighted by Gasteiger charge is 2.28. The largest absolute Gasteiger partial charge is 0.493 e. The van der Waals surface area contributed by atoms with Crippen LogP contribution >= 0.6 is 27.5 Å². The number of benzene rings is 2. The van der Waals surface area contributed by atoms with Crippen molar-refractivity contribution in [1.82, 2.24) is 9.38 Å². The maximum absolute atomic E-state index is 12.8. The number of ether oxygens (including phenoxy) is 2. The van der Waals surface area contributed by atoms with Gasteiger partial charge >= 0.3 is 5.97 Å². The number of rotatable bonds is 8. The minimum absolute atomic E-state index is 0.0132. The number of esters is 1. The SMILES string of the molecule is COc1cc(-c2nc3ccc(Br)cn3c2NC(C)(C)CC(C)(C)C)ccc1OC(=O)c1ccc(Cl)c([N+](=O)[O-])c1. The minimum Gasteiger partial charge on any atom is -0.493 e. The molecule has 2 aromatic carbocycles. The van der Waals surface area contributed by atoms with Crippen LogP contribution < -0.4 is 14.8 Å². The van der Waals surface area contributed by atoms with Gasteiger partial charge < -0.3 is 14.8 Å². The maximum Gasteiger partial charge on any atom is 0.343 e. The molecule has 11 heteroatoms. The van der Waals surface area contributed by atoms with E-state index in [9.17, 15) is 14.9 Å². The lowest BCUT2D eigenvalue weighted by molar-refractivity contribution is -0.384. The molecule has 0 atom stereocenters. The Morgan fingerprint density at radius 1 is 1.10 bits per heavy atom. The summed E-state index contributed by atoms with van der Waals surface area (Å²) in [5.41, 5.74) is 1.64. The van der Waals surface area contributed by atoms with E-state index in [1.807, 2.05) is 22.7 Å². The number of methoxy groups -OCH3 is 1. The fraction of sp³-hybridized carbons (Fsp3) is 0.310. The molecule has 4 aromatic rings. The fourth-order valence-electron chi connectivity index (χ4n) is 4.87. The molecule has 0 unspecified atom stereocenters. The first-order chi connectivity index (χ1) is 18.7. The molecule has 9 nitrogen and oxygen atoms in total. The summed E-state index contributed by atoms with van der Waals surface area (Å²) >= 11 is 9.43. The molecule has 0 saturated carbocycles. The number of nitrogens with one attached hydrogen (secondary N) is 1. The summed E-state index contributed by atoms with van der Waals surface area (Å²) in [7, 11) is 1.47. The van der Waals surface area contributed by atoms with Crippen LogP contribution in [0.2, 0.25) is 5.02 Å². The van der Waals surface area contributed by atoms with Crippen molar-refractivity contribution in [3.63, 3.8) is 0 Å². The zero-order valence-electron chi connectivity index (χ0n) is 23.0. The van der Waals surface area contributed by atoms with Gasteiger partial charge in [-0.05, 0) is 84.1 Å². The summed E-state index contributed by atoms with van der Waals surface area (Å²) in [6, 6.07) is 12.7. The lowest BCUT2D eigenvalue weighted by Gasteiger charge is -2.34. The average Bonchev–Trinajstić information content (AvgIpc) is 3.19. The molecule has 0 aliphatic heterocycles. The number of fused-ring (bicyclic) bond motifs is 1. The Morgan fingerprint density at radius 3 is 2.48 bits per heavy atom. The van der Waals surface area contributed by atoms with Crippen molar-refractivity contribution in [2.24, 2.45) is 5.41 Å². The first-order valence-corrected chi connectivity index (χ1v) is 13.6. The quantitative estimate of drug-likeness (QED) is 0.0906. The second kappa shape index (κ2) is 11.1. The number of hydrogen-bond donors (Lipinski definition) is 1. The average molecular weight is 630 g/mol. The van der Waals surface area contributed by atoms with E-state index in [2.05, 4.69) is 55.9 Å². The number of nitro groups is 1. The second-order valence-corrected chi connectivity index (χ2v) is 12.6. The van der Waals surface area contributed by atoms with Gasteiger partial charge in [-0.1, -0.05) is 32.4 Å². The van der Waals surface area contributed by atoms with Crippen molar-refractivity contribution >= 4 is 50.7 Å². The van der Waals surface area contributed by atoms with Gasteiger partial charge in [0.25, 0.3) is 5.69 Å². The second-order valence-electron chi connectivity index (χ2n) is 11.3. The Balaban J connectivity index is 1.73. The molecule has 0 aliphatic carbocycles. The lowest BCUT2D eigenvalue weighted by atomic mass is 9.82. The Bertz CT molecular complexity index is 1610. The summed E-state index contributed by atoms with van der Waals surface area (Å²) in [5, 5.41) is 14.9. The van der Waals surface area contributed by atoms with Crippen molar-refractivity contribution in [1.29, 1.82) is 0 Å². The van der Waals surface area contributed by atoms with Gasteiger partial charge in [-0.15, -0.1) is 0 Å². The normalized spacial score (nSPS) is 11.9. The van der Waals surface area contributed by atoms with Crippen LogP contribution in [0.25, 0.3) is 16.9 Å². The molecule has 0 saturated heterocycles. The molecule has 4 rings (SSSR count). The van der Waals surface area contributed by atoms with Gasteiger partial charge in [-0.2, -0.15) is 0 Å². The number of anilines is 1. The number of carbonyl (C=O) groups is 1. The van der Waals surface area contributed by atoms with Crippen LogP contribution in [0.3, 0.4) is 0 Å². The van der Waals surface area contributed by atoms with E-state index < -0.39 is 10.9 Å². The molecule has 40 heavy (non-hydrogen) atoms. The van der Waals surface area contributed by atoms with Gasteiger partial charge in [0.05, 0.1) is 17.6 Å². The summed E-state index contributed by atoms with van der Waals surface area (Å²) < 4.78 is 14.0. The van der Waals surface area contributed by atoms with Crippen LogP contribution in [-0.2, 0) is 0 Å². The van der Waals surface area contributed by atoms with Crippen LogP contribution in [0, 0.1) is 15.5 Å². The van der Waals surface area contributed by atoms with Gasteiger partial charge in [0.2, 0.25) is 0 Å². The summed E-state index contributed by atoms with van der Waals surface area (Å²) in [6.45, 7) is 10.9. The number of nitrogens with zero attached hydrogens (tertiary/aromatic N) is 3. The molecule has 0 amide bonds. The molecule has 1 N–H and O–H groups in total. The van der Waals surface area contributed by atoms with Crippen molar-refractivity contribution in [2.75, 3.05) is 12.4 Å². The summed E-state index contributed by atoms with van der Waals surface area (Å²) in [5.74, 6) is 0.482. The van der Waals surface area contributed by atoms with Crippen LogP contribution in [0.15, 0.2) is 59.2 Å². The molecule has 0 radical (unpaired) electrons. The third-order valence-electron chi connectivity index (χ3n) is 6.03. The third-order valence-corrected chi connectivity index (χ3v) is 6.82. The van der Waals surface area contributed by atoms with Gasteiger partial charge in [0.15, 0.2) is 11.5 Å². The van der Waals surface area contributed by atoms with Crippen molar-refractivity contribution < 1.29 is 19.2 Å². The smallest absolute Gasteiger partial charge is 0.343 e. The Labute approximate surface area is 245 Å². The number of nitro benzene ring substituents is 1. The molecule has 210 valence electrons. The van der Waals surface area contributed by atoms with Crippen LogP contribution in [0.1, 0.15) is 51.4 Å². The lowest BCUT2D eigenvalue weighted by Crippen LogP contribution is -2.36. The number of aromatic nitrogens is 2. The zero-order valence-corrected chi connectivity index (χ0v) is 25.4. The van der Waals surface area contributed by atoms with Crippen molar-refractivity contribution in [3.8, 4) is 22.8 Å². The molecule has 0 spiro atoms. The molecular weight excluding hydrogens is 600 g/mol. The zero-order chi connectivity index (χ0) is 29.4. The van der Waals surface area contributed by atoms with Crippen LogP contribution in [0.5, 0.6) is 11.5 Å². The monoisotopic (exact) mass is 628 g/mol. The summed E-state index contributed by atoms with van der Waals surface area (Å²) in [6.07, 6.45) is 2.86. The van der Waals surface area contributed by atoms with E-state index >= 15 is 0 Å². The van der Waals surface area contributed by atoms with Crippen LogP contribution in [0.4, 0.5) is 11.5 Å². The highest BCUT2D eigenvalue weighted by atomic mass is 79.9. The molecular formula is C29H30BrClN4O5. The fourth-order valence-corrected chi connectivity index (χ4v) is 5.39. The number of hydrogen-bond acceptors (Lipinski definition) is 7. The van der Waals surface area contributed by atoms with Crippen molar-refractivity contribution in [3.05, 3.63) is 79.9 Å². The first-order valence-electron chi connectivity index (χ1n) is 12.5. The Hall–Kier alpha value is -3.63. The van der Waals surface area contributed by atoms with E-state index in [1.54, 1.807) is 18.2 Å². The molecule has 0 fully saturated rings. The molecule has 2 aromatic heterocycles. The number of imidazole rings is 1. The van der Waals surface area contributed by atoms with Crippen molar-refractivity contribution in [2.45, 2.75) is 46.6 Å². The van der Waals surface area contributed by atoms with E-state index in [1.165, 1.54) is 19.2 Å². The van der Waals surface area contributed by atoms with Gasteiger partial charge in [-0.25, -0.2) is 9.78 Å². The van der Waals surface area contributed by atoms with Gasteiger partial charge in [0, 0.05) is 27.8 Å². The minimum atomic E-state index is -0.783. The van der Waals surface area contributed by atoms with Gasteiger partial charge in [0.1, 0.15) is 22.2 Å². The molecule has 0 aliphatic rings. The Kier molecular flexibility index (Phi) is 8.14. The standard InChI is InChI=1S/C29H30BrClN4O5/c1-28(2,3)16-29(4,5)33-26-25(32-24-12-9-19(30)15-34(24)26)17-8-11-22(23(14-17)39-6)40-27(36)18-7-10-20(31)21(13-18)35(37)38/h7-15,33H,16H2,1-6H3. The Morgan fingerprint density at radius 2 is 1.82 bits per heavy atom. The molecule has 0 bridgehead atoms. The number of halogens is 2. The van der Waals surface area contributed by atoms with E-state index in [0.29, 0.717) is 11.4 Å². The predicted octanol–water partition coefficient (Wildman–Crippen LogP) is 8.18. The topological polar surface area (TPSA) is 108 Å². The third kappa shape index (κ3) is 6.56.